The number of methoxy groups -OCH3 is 1. The predicted octanol–water partition coefficient (Wildman–Crippen LogP) is 5.27. The predicted molar refractivity (Wildman–Crippen MR) is 92.2 cm³/mol. The second-order valence-corrected chi connectivity index (χ2v) is 6.03. The minimum atomic E-state index is 0.736. The van der Waals surface area contributed by atoms with Gasteiger partial charge in [-0.1, -0.05) is 6.07 Å². The number of anilines is 2. The first-order chi connectivity index (χ1) is 10.5. The fraction of sp³-hybridized carbons (Fsp3) is 0.235. The highest BCUT2D eigenvalue weighted by atomic mass is 79.9. The average molecular weight is 361 g/mol. The van der Waals surface area contributed by atoms with E-state index in [1.807, 2.05) is 32.0 Å². The number of hydrogen-bond acceptors (Lipinski definition) is 4. The number of pyridine rings is 1. The van der Waals surface area contributed by atoms with E-state index in [0.717, 1.165) is 49.5 Å². The van der Waals surface area contributed by atoms with Crippen LogP contribution in [0.1, 0.15) is 16.8 Å². The van der Waals surface area contributed by atoms with Crippen molar-refractivity contribution < 1.29 is 9.15 Å². The third kappa shape index (κ3) is 2.35. The summed E-state index contributed by atoms with van der Waals surface area (Å²) in [6, 6.07) is 5.92. The summed E-state index contributed by atoms with van der Waals surface area (Å²) in [6.07, 6.45) is 1.68. The summed E-state index contributed by atoms with van der Waals surface area (Å²) < 4.78 is 11.8. The molecule has 2 heterocycles. The standard InChI is InChI=1S/C17H17BrN2O2/c1-9-5-6-13(21-4)10(2)15(9)20-17-14(18)16-12(7-8-22-16)11(3)19-17/h5-8H,1-4H3,(H,19,20). The number of nitrogens with zero attached hydrogens (tertiary/aromatic N) is 1. The van der Waals surface area contributed by atoms with E-state index in [9.17, 15) is 0 Å². The highest BCUT2D eigenvalue weighted by molar-refractivity contribution is 9.10. The number of ether oxygens (including phenoxy) is 1. The Bertz CT molecular complexity index is 855. The van der Waals surface area contributed by atoms with E-state index >= 15 is 0 Å². The minimum absolute atomic E-state index is 0.736. The molecular formula is C17H17BrN2O2. The van der Waals surface area contributed by atoms with E-state index in [1.165, 1.54) is 0 Å². The molecule has 3 rings (SSSR count). The van der Waals surface area contributed by atoms with E-state index in [4.69, 9.17) is 9.15 Å². The molecule has 0 fully saturated rings. The van der Waals surface area contributed by atoms with Crippen molar-refractivity contribution in [2.75, 3.05) is 12.4 Å². The van der Waals surface area contributed by atoms with Crippen LogP contribution in [-0.2, 0) is 0 Å². The van der Waals surface area contributed by atoms with Gasteiger partial charge in [0.05, 0.1) is 19.1 Å². The van der Waals surface area contributed by atoms with Gasteiger partial charge in [0.2, 0.25) is 0 Å². The number of aromatic nitrogens is 1. The van der Waals surface area contributed by atoms with Gasteiger partial charge in [-0.3, -0.25) is 0 Å². The lowest BCUT2D eigenvalue weighted by molar-refractivity contribution is 0.412. The molecule has 0 saturated carbocycles. The molecule has 1 N–H and O–H groups in total. The smallest absolute Gasteiger partial charge is 0.153 e. The van der Waals surface area contributed by atoms with Crippen LogP contribution in [0.15, 0.2) is 33.4 Å². The van der Waals surface area contributed by atoms with Gasteiger partial charge in [0.25, 0.3) is 0 Å². The number of furan rings is 1. The molecule has 0 radical (unpaired) electrons. The number of fused-ring (bicyclic) bond motifs is 1. The van der Waals surface area contributed by atoms with Gasteiger partial charge in [-0.15, -0.1) is 0 Å². The molecule has 1 aromatic carbocycles. The minimum Gasteiger partial charge on any atom is -0.496 e. The van der Waals surface area contributed by atoms with Crippen molar-refractivity contribution >= 4 is 38.4 Å². The molecular weight excluding hydrogens is 344 g/mol. The van der Waals surface area contributed by atoms with Crippen LogP contribution < -0.4 is 10.1 Å². The third-order valence-electron chi connectivity index (χ3n) is 3.83. The van der Waals surface area contributed by atoms with Crippen molar-refractivity contribution in [2.45, 2.75) is 20.8 Å². The lowest BCUT2D eigenvalue weighted by atomic mass is 10.1. The molecule has 0 amide bonds. The summed E-state index contributed by atoms with van der Waals surface area (Å²) >= 11 is 3.59. The van der Waals surface area contributed by atoms with Crippen LogP contribution >= 0.6 is 15.9 Å². The molecule has 0 atom stereocenters. The zero-order valence-electron chi connectivity index (χ0n) is 13.0. The first kappa shape index (κ1) is 14.9. The average Bonchev–Trinajstić information content (AvgIpc) is 2.99. The summed E-state index contributed by atoms with van der Waals surface area (Å²) in [6.45, 7) is 6.06. The molecule has 0 saturated heterocycles. The number of rotatable bonds is 3. The fourth-order valence-corrected chi connectivity index (χ4v) is 3.09. The van der Waals surface area contributed by atoms with E-state index < -0.39 is 0 Å². The second-order valence-electron chi connectivity index (χ2n) is 5.23. The first-order valence-electron chi connectivity index (χ1n) is 6.97. The van der Waals surface area contributed by atoms with Crippen molar-refractivity contribution in [3.63, 3.8) is 0 Å². The van der Waals surface area contributed by atoms with Gasteiger partial charge < -0.3 is 14.5 Å². The molecule has 0 aliphatic carbocycles. The summed E-state index contributed by atoms with van der Waals surface area (Å²) in [5, 5.41) is 4.42. The Morgan fingerprint density at radius 1 is 1.18 bits per heavy atom. The van der Waals surface area contributed by atoms with Crippen LogP contribution in [0.5, 0.6) is 5.75 Å². The summed E-state index contributed by atoms with van der Waals surface area (Å²) in [5.41, 5.74) is 4.90. The SMILES string of the molecule is COc1ccc(C)c(Nc2nc(C)c3ccoc3c2Br)c1C. The van der Waals surface area contributed by atoms with Gasteiger partial charge in [0.1, 0.15) is 16.0 Å². The van der Waals surface area contributed by atoms with Gasteiger partial charge >= 0.3 is 0 Å². The van der Waals surface area contributed by atoms with Crippen molar-refractivity contribution in [3.05, 3.63) is 45.8 Å². The molecule has 2 aromatic heterocycles. The largest absolute Gasteiger partial charge is 0.496 e. The molecule has 0 unspecified atom stereocenters. The second kappa shape index (κ2) is 5.65. The highest BCUT2D eigenvalue weighted by Gasteiger charge is 2.15. The Balaban J connectivity index is 2.13. The molecule has 0 aliphatic heterocycles. The Morgan fingerprint density at radius 3 is 2.68 bits per heavy atom. The number of nitrogens with one attached hydrogen (secondary N) is 1. The van der Waals surface area contributed by atoms with Crippen LogP contribution in [0.25, 0.3) is 11.0 Å². The third-order valence-corrected chi connectivity index (χ3v) is 4.56. The van der Waals surface area contributed by atoms with Crippen molar-refractivity contribution in [1.29, 1.82) is 0 Å². The summed E-state index contributed by atoms with van der Waals surface area (Å²) in [4.78, 5) is 4.65. The Morgan fingerprint density at radius 2 is 1.95 bits per heavy atom. The normalized spacial score (nSPS) is 11.0. The number of hydrogen-bond donors (Lipinski definition) is 1. The van der Waals surface area contributed by atoms with Crippen LogP contribution in [0.3, 0.4) is 0 Å². The van der Waals surface area contributed by atoms with Gasteiger partial charge in [0, 0.05) is 16.6 Å². The molecule has 4 nitrogen and oxygen atoms in total. The maximum atomic E-state index is 5.56. The zero-order valence-corrected chi connectivity index (χ0v) is 14.5. The Hall–Kier alpha value is -2.01. The van der Waals surface area contributed by atoms with Crippen LogP contribution in [0.2, 0.25) is 0 Å². The van der Waals surface area contributed by atoms with E-state index in [0.29, 0.717) is 0 Å². The molecule has 114 valence electrons. The van der Waals surface area contributed by atoms with Gasteiger partial charge in [-0.25, -0.2) is 4.98 Å². The van der Waals surface area contributed by atoms with Gasteiger partial charge in [-0.05, 0) is 54.4 Å². The van der Waals surface area contributed by atoms with E-state index in [-0.39, 0.29) is 0 Å². The number of halogens is 1. The highest BCUT2D eigenvalue weighted by Crippen LogP contribution is 2.36. The molecule has 5 heteroatoms. The van der Waals surface area contributed by atoms with E-state index in [2.05, 4.69) is 33.2 Å². The first-order valence-corrected chi connectivity index (χ1v) is 7.76. The van der Waals surface area contributed by atoms with E-state index in [1.54, 1.807) is 13.4 Å². The number of benzene rings is 1. The summed E-state index contributed by atoms with van der Waals surface area (Å²) in [7, 11) is 1.68. The van der Waals surface area contributed by atoms with Crippen LogP contribution in [0, 0.1) is 20.8 Å². The lowest BCUT2D eigenvalue weighted by Crippen LogP contribution is -2.02. The van der Waals surface area contributed by atoms with Crippen molar-refractivity contribution in [2.24, 2.45) is 0 Å². The van der Waals surface area contributed by atoms with Crippen molar-refractivity contribution in [1.82, 2.24) is 4.98 Å². The fourth-order valence-electron chi connectivity index (χ4n) is 2.59. The maximum absolute atomic E-state index is 5.56. The molecule has 22 heavy (non-hydrogen) atoms. The van der Waals surface area contributed by atoms with Crippen LogP contribution in [0.4, 0.5) is 11.5 Å². The molecule has 3 aromatic rings. The quantitative estimate of drug-likeness (QED) is 0.691. The Labute approximate surface area is 137 Å². The maximum Gasteiger partial charge on any atom is 0.153 e. The summed E-state index contributed by atoms with van der Waals surface area (Å²) in [5.74, 6) is 1.58. The van der Waals surface area contributed by atoms with Gasteiger partial charge in [-0.2, -0.15) is 0 Å². The number of aryl methyl sites for hydroxylation is 2. The molecule has 0 aliphatic rings. The van der Waals surface area contributed by atoms with Gasteiger partial charge in [0.15, 0.2) is 5.58 Å². The van der Waals surface area contributed by atoms with Crippen LogP contribution in [-0.4, -0.2) is 12.1 Å². The Kier molecular flexibility index (Phi) is 3.83. The molecule has 0 spiro atoms. The molecule has 0 bridgehead atoms. The van der Waals surface area contributed by atoms with Crippen molar-refractivity contribution in [3.8, 4) is 5.75 Å². The monoisotopic (exact) mass is 360 g/mol. The lowest BCUT2D eigenvalue weighted by Gasteiger charge is -2.16. The zero-order chi connectivity index (χ0) is 15.9. The topological polar surface area (TPSA) is 47.3 Å².